The lowest BCUT2D eigenvalue weighted by Gasteiger charge is -2.09. The van der Waals surface area contributed by atoms with E-state index in [9.17, 15) is 4.79 Å². The molecule has 0 bridgehead atoms. The van der Waals surface area contributed by atoms with Gasteiger partial charge in [-0.25, -0.2) is 0 Å². The maximum absolute atomic E-state index is 10.8. The lowest BCUT2D eigenvalue weighted by atomic mass is 9.97. The van der Waals surface area contributed by atoms with Crippen LogP contribution in [0.1, 0.15) is 18.9 Å². The lowest BCUT2D eigenvalue weighted by molar-refractivity contribution is -0.141. The highest BCUT2D eigenvalue weighted by molar-refractivity contribution is 6.30. The number of rotatable bonds is 4. The van der Waals surface area contributed by atoms with Crippen LogP contribution >= 0.6 is 11.6 Å². The first-order chi connectivity index (χ1) is 6.63. The van der Waals surface area contributed by atoms with Crippen molar-refractivity contribution in [1.29, 1.82) is 0 Å². The Kier molecular flexibility index (Phi) is 3.96. The smallest absolute Gasteiger partial charge is 0.306 e. The van der Waals surface area contributed by atoms with Crippen molar-refractivity contribution in [2.75, 3.05) is 0 Å². The molecule has 0 radical (unpaired) electrons. The Balaban J connectivity index is 2.72. The summed E-state index contributed by atoms with van der Waals surface area (Å²) in [5.41, 5.74) is 0.978. The van der Waals surface area contributed by atoms with Gasteiger partial charge in [0.05, 0.1) is 5.92 Å². The average Bonchev–Trinajstić information content (AvgIpc) is 2.14. The number of halogens is 1. The minimum absolute atomic E-state index is 0.312. The summed E-state index contributed by atoms with van der Waals surface area (Å²) in [4.78, 5) is 10.8. The lowest BCUT2D eigenvalue weighted by Crippen LogP contribution is -2.15. The summed E-state index contributed by atoms with van der Waals surface area (Å²) in [6.45, 7) is 1.88. The molecule has 0 unspecified atom stereocenters. The second-order valence-corrected chi connectivity index (χ2v) is 3.71. The van der Waals surface area contributed by atoms with E-state index < -0.39 is 5.97 Å². The van der Waals surface area contributed by atoms with Crippen molar-refractivity contribution in [3.8, 4) is 0 Å². The standard InChI is InChI=1S/C11H13ClO2/c1-2-9(11(13)14)6-8-4-3-5-10(12)7-8/h3-5,7,9H,2,6H2,1H3,(H,13,14)/t9-/m1/s1. The van der Waals surface area contributed by atoms with Crippen molar-refractivity contribution in [3.63, 3.8) is 0 Å². The molecule has 0 spiro atoms. The molecule has 0 heterocycles. The average molecular weight is 213 g/mol. The van der Waals surface area contributed by atoms with E-state index in [0.717, 1.165) is 5.56 Å². The predicted octanol–water partition coefficient (Wildman–Crippen LogP) is 2.99. The van der Waals surface area contributed by atoms with E-state index in [2.05, 4.69) is 0 Å². The van der Waals surface area contributed by atoms with E-state index in [-0.39, 0.29) is 5.92 Å². The van der Waals surface area contributed by atoms with Crippen LogP contribution in [0.2, 0.25) is 5.02 Å². The largest absolute Gasteiger partial charge is 0.481 e. The quantitative estimate of drug-likeness (QED) is 0.833. The summed E-state index contributed by atoms with van der Waals surface area (Å²) >= 11 is 5.80. The number of hydrogen-bond acceptors (Lipinski definition) is 1. The first-order valence-electron chi connectivity index (χ1n) is 4.60. The Morgan fingerprint density at radius 2 is 2.29 bits per heavy atom. The summed E-state index contributed by atoms with van der Waals surface area (Å²) in [6.07, 6.45) is 1.19. The zero-order valence-electron chi connectivity index (χ0n) is 8.03. The maximum atomic E-state index is 10.8. The fourth-order valence-corrected chi connectivity index (χ4v) is 1.57. The van der Waals surface area contributed by atoms with Gasteiger partial charge in [0.15, 0.2) is 0 Å². The monoisotopic (exact) mass is 212 g/mol. The summed E-state index contributed by atoms with van der Waals surface area (Å²) in [6, 6.07) is 7.34. The Morgan fingerprint density at radius 3 is 2.79 bits per heavy atom. The van der Waals surface area contributed by atoms with Gasteiger partial charge in [0, 0.05) is 5.02 Å². The third-order valence-electron chi connectivity index (χ3n) is 2.21. The molecule has 0 aliphatic carbocycles. The molecule has 76 valence electrons. The summed E-state index contributed by atoms with van der Waals surface area (Å²) < 4.78 is 0. The van der Waals surface area contributed by atoms with Crippen LogP contribution in [0.4, 0.5) is 0 Å². The van der Waals surface area contributed by atoms with Crippen molar-refractivity contribution < 1.29 is 9.90 Å². The van der Waals surface area contributed by atoms with Gasteiger partial charge in [-0.05, 0) is 30.5 Å². The molecular formula is C11H13ClO2. The fraction of sp³-hybridized carbons (Fsp3) is 0.364. The third-order valence-corrected chi connectivity index (χ3v) is 2.45. The molecule has 0 fully saturated rings. The topological polar surface area (TPSA) is 37.3 Å². The highest BCUT2D eigenvalue weighted by Crippen LogP contribution is 2.16. The first kappa shape index (κ1) is 11.1. The molecular weight excluding hydrogens is 200 g/mol. The normalized spacial score (nSPS) is 12.4. The number of benzene rings is 1. The van der Waals surface area contributed by atoms with Gasteiger partial charge in [0.2, 0.25) is 0 Å². The Hall–Kier alpha value is -1.02. The van der Waals surface area contributed by atoms with Crippen LogP contribution in [0.3, 0.4) is 0 Å². The minimum Gasteiger partial charge on any atom is -0.481 e. The van der Waals surface area contributed by atoms with Crippen molar-refractivity contribution >= 4 is 17.6 Å². The molecule has 0 aliphatic rings. The van der Waals surface area contributed by atoms with Gasteiger partial charge < -0.3 is 5.11 Å². The minimum atomic E-state index is -0.743. The van der Waals surface area contributed by atoms with Crippen LogP contribution in [0.5, 0.6) is 0 Å². The molecule has 0 aliphatic heterocycles. The second-order valence-electron chi connectivity index (χ2n) is 3.28. The van der Waals surface area contributed by atoms with E-state index in [1.165, 1.54) is 0 Å². The van der Waals surface area contributed by atoms with Gasteiger partial charge >= 0.3 is 5.97 Å². The van der Waals surface area contributed by atoms with Gasteiger partial charge in [-0.15, -0.1) is 0 Å². The van der Waals surface area contributed by atoms with Crippen LogP contribution in [-0.2, 0) is 11.2 Å². The molecule has 0 aromatic heterocycles. The van der Waals surface area contributed by atoms with Crippen LogP contribution in [0, 0.1) is 5.92 Å². The predicted molar refractivity (Wildman–Crippen MR) is 56.6 cm³/mol. The van der Waals surface area contributed by atoms with Crippen LogP contribution in [-0.4, -0.2) is 11.1 Å². The Morgan fingerprint density at radius 1 is 1.57 bits per heavy atom. The number of carboxylic acid groups (broad SMARTS) is 1. The van der Waals surface area contributed by atoms with Crippen molar-refractivity contribution in [3.05, 3.63) is 34.9 Å². The molecule has 0 saturated carbocycles. The van der Waals surface area contributed by atoms with E-state index in [1.54, 1.807) is 6.07 Å². The van der Waals surface area contributed by atoms with Crippen molar-refractivity contribution in [2.24, 2.45) is 5.92 Å². The molecule has 1 aromatic rings. The van der Waals surface area contributed by atoms with Crippen molar-refractivity contribution in [1.82, 2.24) is 0 Å². The highest BCUT2D eigenvalue weighted by Gasteiger charge is 2.15. The van der Waals surface area contributed by atoms with Crippen LogP contribution in [0.25, 0.3) is 0 Å². The number of hydrogen-bond donors (Lipinski definition) is 1. The van der Waals surface area contributed by atoms with Crippen molar-refractivity contribution in [2.45, 2.75) is 19.8 Å². The molecule has 1 aromatic carbocycles. The molecule has 0 saturated heterocycles. The molecule has 1 rings (SSSR count). The molecule has 3 heteroatoms. The summed E-state index contributed by atoms with van der Waals surface area (Å²) in [7, 11) is 0. The second kappa shape index (κ2) is 5.01. The van der Waals surface area contributed by atoms with Gasteiger partial charge in [0.1, 0.15) is 0 Å². The van der Waals surface area contributed by atoms with Gasteiger partial charge in [-0.2, -0.15) is 0 Å². The Bertz CT molecular complexity index is 323. The van der Waals surface area contributed by atoms with Crippen LogP contribution in [0.15, 0.2) is 24.3 Å². The van der Waals surface area contributed by atoms with E-state index in [4.69, 9.17) is 16.7 Å². The summed E-state index contributed by atoms with van der Waals surface area (Å²) in [5, 5.41) is 9.53. The zero-order chi connectivity index (χ0) is 10.6. The number of aliphatic carboxylic acids is 1. The van der Waals surface area contributed by atoms with Gasteiger partial charge in [0.25, 0.3) is 0 Å². The van der Waals surface area contributed by atoms with Gasteiger partial charge in [-0.3, -0.25) is 4.79 Å². The molecule has 1 N–H and O–H groups in total. The highest BCUT2D eigenvalue weighted by atomic mass is 35.5. The Labute approximate surface area is 88.5 Å². The summed E-state index contributed by atoms with van der Waals surface area (Å²) in [5.74, 6) is -1.05. The van der Waals surface area contributed by atoms with Gasteiger partial charge in [-0.1, -0.05) is 30.7 Å². The zero-order valence-corrected chi connectivity index (χ0v) is 8.79. The number of carbonyl (C=O) groups is 1. The molecule has 2 nitrogen and oxygen atoms in total. The molecule has 0 amide bonds. The fourth-order valence-electron chi connectivity index (χ4n) is 1.35. The third kappa shape index (κ3) is 3.04. The first-order valence-corrected chi connectivity index (χ1v) is 4.98. The molecule has 14 heavy (non-hydrogen) atoms. The van der Waals surface area contributed by atoms with Crippen LogP contribution < -0.4 is 0 Å². The maximum Gasteiger partial charge on any atom is 0.306 e. The van der Waals surface area contributed by atoms with E-state index >= 15 is 0 Å². The van der Waals surface area contributed by atoms with E-state index in [0.29, 0.717) is 17.9 Å². The number of carboxylic acids is 1. The SMILES string of the molecule is CC[C@H](Cc1cccc(Cl)c1)C(=O)O. The molecule has 1 atom stereocenters. The van der Waals surface area contributed by atoms with E-state index in [1.807, 2.05) is 25.1 Å².